The summed E-state index contributed by atoms with van der Waals surface area (Å²) in [5.74, 6) is -0.739. The number of thioether (sulfide) groups is 1. The molecule has 0 radical (unpaired) electrons. The van der Waals surface area contributed by atoms with Crippen molar-refractivity contribution in [2.45, 2.75) is 30.7 Å². The summed E-state index contributed by atoms with van der Waals surface area (Å²) in [6.45, 7) is 2.55. The number of aliphatic carboxylic acids is 1. The van der Waals surface area contributed by atoms with Crippen molar-refractivity contribution < 1.29 is 14.7 Å². The van der Waals surface area contributed by atoms with Crippen LogP contribution >= 0.6 is 11.8 Å². The molecule has 108 valence electrons. The minimum Gasteiger partial charge on any atom is -0.480 e. The molecular formula is C15H19NO3S. The Morgan fingerprint density at radius 3 is 2.70 bits per heavy atom. The summed E-state index contributed by atoms with van der Waals surface area (Å²) in [6.07, 6.45) is 3.30. The summed E-state index contributed by atoms with van der Waals surface area (Å²) in [5, 5.41) is 9.35. The van der Waals surface area contributed by atoms with Gasteiger partial charge in [-0.05, 0) is 37.1 Å². The zero-order valence-electron chi connectivity index (χ0n) is 11.7. The predicted octanol–water partition coefficient (Wildman–Crippen LogP) is 2.73. The quantitative estimate of drug-likeness (QED) is 0.871. The van der Waals surface area contributed by atoms with Crippen LogP contribution in [0.1, 0.15) is 30.1 Å². The Kier molecular flexibility index (Phi) is 4.70. The maximum absolute atomic E-state index is 12.7. The smallest absolute Gasteiger partial charge is 0.326 e. The van der Waals surface area contributed by atoms with Crippen molar-refractivity contribution in [3.63, 3.8) is 0 Å². The van der Waals surface area contributed by atoms with Gasteiger partial charge in [0.05, 0.1) is 5.56 Å². The van der Waals surface area contributed by atoms with Crippen molar-refractivity contribution in [3.05, 3.63) is 29.8 Å². The van der Waals surface area contributed by atoms with Gasteiger partial charge in [-0.3, -0.25) is 4.79 Å². The lowest BCUT2D eigenvalue weighted by Crippen LogP contribution is -2.49. The fraction of sp³-hybridized carbons (Fsp3) is 0.467. The van der Waals surface area contributed by atoms with Gasteiger partial charge in [0.1, 0.15) is 6.04 Å². The predicted molar refractivity (Wildman–Crippen MR) is 79.1 cm³/mol. The lowest BCUT2D eigenvalue weighted by atomic mass is 9.92. The minimum atomic E-state index is -0.911. The highest BCUT2D eigenvalue weighted by molar-refractivity contribution is 7.98. The Morgan fingerprint density at radius 1 is 1.35 bits per heavy atom. The van der Waals surface area contributed by atoms with Crippen molar-refractivity contribution >= 4 is 23.6 Å². The van der Waals surface area contributed by atoms with Crippen LogP contribution < -0.4 is 0 Å². The van der Waals surface area contributed by atoms with Crippen LogP contribution in [0.15, 0.2) is 29.2 Å². The molecule has 1 amide bonds. The molecule has 1 heterocycles. The average Bonchev–Trinajstić information content (AvgIpc) is 2.46. The van der Waals surface area contributed by atoms with Gasteiger partial charge in [0.25, 0.3) is 5.91 Å². The molecule has 1 aliphatic heterocycles. The van der Waals surface area contributed by atoms with Crippen LogP contribution in [-0.2, 0) is 4.79 Å². The number of hydrogen-bond acceptors (Lipinski definition) is 3. The average molecular weight is 293 g/mol. The Hall–Kier alpha value is -1.49. The van der Waals surface area contributed by atoms with Gasteiger partial charge >= 0.3 is 5.97 Å². The molecule has 1 aromatic rings. The SMILES string of the molecule is CSc1ccccc1C(=O)N1CCC(C)CC1C(=O)O. The Morgan fingerprint density at radius 2 is 2.05 bits per heavy atom. The molecule has 2 rings (SSSR count). The molecule has 1 aromatic carbocycles. The first-order valence-corrected chi connectivity index (χ1v) is 7.94. The monoisotopic (exact) mass is 293 g/mol. The van der Waals surface area contributed by atoms with Crippen LogP contribution in [0.3, 0.4) is 0 Å². The highest BCUT2D eigenvalue weighted by atomic mass is 32.2. The second kappa shape index (κ2) is 6.31. The van der Waals surface area contributed by atoms with Crippen LogP contribution in [0.25, 0.3) is 0 Å². The summed E-state index contributed by atoms with van der Waals surface area (Å²) in [7, 11) is 0. The molecular weight excluding hydrogens is 274 g/mol. The largest absolute Gasteiger partial charge is 0.480 e. The van der Waals surface area contributed by atoms with E-state index in [4.69, 9.17) is 0 Å². The van der Waals surface area contributed by atoms with Gasteiger partial charge in [0, 0.05) is 11.4 Å². The Balaban J connectivity index is 2.29. The third kappa shape index (κ3) is 2.98. The van der Waals surface area contributed by atoms with E-state index in [2.05, 4.69) is 0 Å². The van der Waals surface area contributed by atoms with Gasteiger partial charge in [0.2, 0.25) is 0 Å². The summed E-state index contributed by atoms with van der Waals surface area (Å²) >= 11 is 1.50. The molecule has 0 aliphatic carbocycles. The molecule has 2 unspecified atom stereocenters. The molecule has 2 atom stereocenters. The van der Waals surface area contributed by atoms with Crippen LogP contribution in [0.2, 0.25) is 0 Å². The summed E-state index contributed by atoms with van der Waals surface area (Å²) < 4.78 is 0. The fourth-order valence-electron chi connectivity index (χ4n) is 2.59. The van der Waals surface area contributed by atoms with Crippen LogP contribution in [0.5, 0.6) is 0 Å². The Bertz CT molecular complexity index is 518. The number of likely N-dealkylation sites (tertiary alicyclic amines) is 1. The van der Waals surface area contributed by atoms with Crippen molar-refractivity contribution in [1.29, 1.82) is 0 Å². The lowest BCUT2D eigenvalue weighted by molar-refractivity contribution is -0.144. The van der Waals surface area contributed by atoms with E-state index in [0.29, 0.717) is 24.4 Å². The van der Waals surface area contributed by atoms with Gasteiger partial charge < -0.3 is 10.0 Å². The fourth-order valence-corrected chi connectivity index (χ4v) is 3.18. The van der Waals surface area contributed by atoms with Gasteiger partial charge in [0.15, 0.2) is 0 Å². The number of rotatable bonds is 3. The third-order valence-electron chi connectivity index (χ3n) is 3.75. The molecule has 0 aromatic heterocycles. The third-order valence-corrected chi connectivity index (χ3v) is 4.54. The topological polar surface area (TPSA) is 57.6 Å². The van der Waals surface area contributed by atoms with Gasteiger partial charge in [-0.15, -0.1) is 11.8 Å². The van der Waals surface area contributed by atoms with Gasteiger partial charge in [-0.1, -0.05) is 19.1 Å². The van der Waals surface area contributed by atoms with Crippen molar-refractivity contribution in [2.75, 3.05) is 12.8 Å². The molecule has 1 aliphatic rings. The number of carbonyl (C=O) groups excluding carboxylic acids is 1. The number of amides is 1. The second-order valence-electron chi connectivity index (χ2n) is 5.18. The Labute approximate surface area is 123 Å². The molecule has 20 heavy (non-hydrogen) atoms. The van der Waals surface area contributed by atoms with E-state index in [1.54, 1.807) is 6.07 Å². The maximum Gasteiger partial charge on any atom is 0.326 e. The van der Waals surface area contributed by atoms with E-state index in [1.807, 2.05) is 31.4 Å². The summed E-state index contributed by atoms with van der Waals surface area (Å²) in [4.78, 5) is 26.5. The first-order valence-electron chi connectivity index (χ1n) is 6.71. The van der Waals surface area contributed by atoms with E-state index in [9.17, 15) is 14.7 Å². The zero-order chi connectivity index (χ0) is 14.7. The van der Waals surface area contributed by atoms with E-state index in [0.717, 1.165) is 11.3 Å². The molecule has 1 fully saturated rings. The molecule has 1 N–H and O–H groups in total. The highest BCUT2D eigenvalue weighted by Crippen LogP contribution is 2.27. The molecule has 0 saturated carbocycles. The first kappa shape index (κ1) is 14.9. The maximum atomic E-state index is 12.7. The molecule has 5 heteroatoms. The van der Waals surface area contributed by atoms with E-state index in [1.165, 1.54) is 16.7 Å². The zero-order valence-corrected chi connectivity index (χ0v) is 12.5. The number of carbonyl (C=O) groups is 2. The second-order valence-corrected chi connectivity index (χ2v) is 6.03. The van der Waals surface area contributed by atoms with Crippen LogP contribution in [0, 0.1) is 5.92 Å². The van der Waals surface area contributed by atoms with E-state index in [-0.39, 0.29) is 5.91 Å². The summed E-state index contributed by atoms with van der Waals surface area (Å²) in [6, 6.07) is 6.65. The van der Waals surface area contributed by atoms with Crippen molar-refractivity contribution in [1.82, 2.24) is 4.90 Å². The van der Waals surface area contributed by atoms with Crippen molar-refractivity contribution in [2.24, 2.45) is 5.92 Å². The number of benzene rings is 1. The number of piperidine rings is 1. The van der Waals surface area contributed by atoms with Gasteiger partial charge in [-0.25, -0.2) is 4.79 Å². The summed E-state index contributed by atoms with van der Waals surface area (Å²) in [5.41, 5.74) is 0.598. The lowest BCUT2D eigenvalue weighted by Gasteiger charge is -2.36. The number of carboxylic acids is 1. The van der Waals surface area contributed by atoms with Crippen LogP contribution in [-0.4, -0.2) is 40.7 Å². The van der Waals surface area contributed by atoms with Crippen molar-refractivity contribution in [3.8, 4) is 0 Å². The standard InChI is InChI=1S/C15H19NO3S/c1-10-7-8-16(12(9-10)15(18)19)14(17)11-5-3-4-6-13(11)20-2/h3-6,10,12H,7-9H2,1-2H3,(H,18,19). The number of carboxylic acid groups (broad SMARTS) is 1. The molecule has 1 saturated heterocycles. The first-order chi connectivity index (χ1) is 9.54. The highest BCUT2D eigenvalue weighted by Gasteiger charge is 2.35. The molecule has 0 bridgehead atoms. The molecule has 0 spiro atoms. The van der Waals surface area contributed by atoms with E-state index >= 15 is 0 Å². The van der Waals surface area contributed by atoms with Crippen LogP contribution in [0.4, 0.5) is 0 Å². The molecule has 4 nitrogen and oxygen atoms in total. The normalized spacial score (nSPS) is 22.6. The number of hydrogen-bond donors (Lipinski definition) is 1. The number of nitrogens with zero attached hydrogens (tertiary/aromatic N) is 1. The van der Waals surface area contributed by atoms with E-state index < -0.39 is 12.0 Å². The van der Waals surface area contributed by atoms with Gasteiger partial charge in [-0.2, -0.15) is 0 Å². The minimum absolute atomic E-state index is 0.172.